The topological polar surface area (TPSA) is 12.0 Å². The van der Waals surface area contributed by atoms with Crippen LogP contribution in [0.1, 0.15) is 54.9 Å². The summed E-state index contributed by atoms with van der Waals surface area (Å²) < 4.78 is 0. The van der Waals surface area contributed by atoms with Gasteiger partial charge in [0.05, 0.1) is 0 Å². The molecule has 0 saturated carbocycles. The van der Waals surface area contributed by atoms with E-state index in [1.165, 1.54) is 35.1 Å². The molecule has 0 aromatic heterocycles. The molecular weight excluding hydrogens is 266 g/mol. The molecule has 3 rings (SSSR count). The van der Waals surface area contributed by atoms with Crippen molar-refractivity contribution in [3.63, 3.8) is 0 Å². The first-order chi connectivity index (χ1) is 10.8. The van der Waals surface area contributed by atoms with E-state index < -0.39 is 0 Å². The molecule has 0 atom stereocenters. The highest BCUT2D eigenvalue weighted by atomic mass is 14.9. The smallest absolute Gasteiger partial charge is 0.0102 e. The number of hydrogen-bond acceptors (Lipinski definition) is 1. The molecule has 1 heteroatoms. The molecule has 0 spiro atoms. The van der Waals surface area contributed by atoms with E-state index in [1.807, 2.05) is 0 Å². The molecule has 0 fully saturated rings. The van der Waals surface area contributed by atoms with E-state index in [4.69, 9.17) is 0 Å². The third-order valence-electron chi connectivity index (χ3n) is 4.41. The van der Waals surface area contributed by atoms with Crippen molar-refractivity contribution in [2.45, 2.75) is 38.6 Å². The highest BCUT2D eigenvalue weighted by molar-refractivity contribution is 5.76. The van der Waals surface area contributed by atoms with Crippen LogP contribution in [-0.2, 0) is 0 Å². The van der Waals surface area contributed by atoms with E-state index >= 15 is 0 Å². The molecule has 0 radical (unpaired) electrons. The summed E-state index contributed by atoms with van der Waals surface area (Å²) in [6.45, 7) is 5.51. The fourth-order valence-corrected chi connectivity index (χ4v) is 3.32. The van der Waals surface area contributed by atoms with Crippen molar-refractivity contribution in [2.75, 3.05) is 6.54 Å². The molecule has 0 heterocycles. The zero-order valence-electron chi connectivity index (χ0n) is 13.5. The molecule has 22 heavy (non-hydrogen) atoms. The zero-order valence-corrected chi connectivity index (χ0v) is 13.5. The first kappa shape index (κ1) is 15.1. The monoisotopic (exact) mass is 291 g/mol. The predicted molar refractivity (Wildman–Crippen MR) is 96.0 cm³/mol. The number of hydrogen-bond donors (Lipinski definition) is 1. The molecule has 0 bridgehead atoms. The summed E-state index contributed by atoms with van der Waals surface area (Å²) in [6, 6.07) is 18.2. The van der Waals surface area contributed by atoms with Gasteiger partial charge >= 0.3 is 0 Å². The molecule has 1 nitrogen and oxygen atoms in total. The van der Waals surface area contributed by atoms with Crippen LogP contribution in [0.5, 0.6) is 0 Å². The van der Waals surface area contributed by atoms with E-state index in [9.17, 15) is 0 Å². The number of fused-ring (bicyclic) bond motifs is 2. The van der Waals surface area contributed by atoms with Gasteiger partial charge in [-0.2, -0.15) is 0 Å². The molecule has 0 aliphatic heterocycles. The molecule has 2 aromatic carbocycles. The quantitative estimate of drug-likeness (QED) is 0.757. The Labute approximate surface area is 134 Å². The van der Waals surface area contributed by atoms with Crippen LogP contribution in [-0.4, -0.2) is 12.6 Å². The second kappa shape index (κ2) is 6.93. The van der Waals surface area contributed by atoms with Crippen LogP contribution in [0, 0.1) is 0 Å². The largest absolute Gasteiger partial charge is 0.315 e. The van der Waals surface area contributed by atoms with Crippen molar-refractivity contribution in [2.24, 2.45) is 0 Å². The first-order valence-electron chi connectivity index (χ1n) is 8.35. The summed E-state index contributed by atoms with van der Waals surface area (Å²) in [6.07, 6.45) is 6.92. The maximum absolute atomic E-state index is 3.53. The SMILES string of the molecule is CC(C)NCCCC1c2ccccc2C=Cc2ccccc21. The fraction of sp³-hybridized carbons (Fsp3) is 0.333. The van der Waals surface area contributed by atoms with Gasteiger partial charge in [0.2, 0.25) is 0 Å². The second-order valence-corrected chi connectivity index (χ2v) is 6.39. The minimum atomic E-state index is 0.497. The van der Waals surface area contributed by atoms with E-state index in [-0.39, 0.29) is 0 Å². The highest BCUT2D eigenvalue weighted by Gasteiger charge is 2.20. The molecule has 114 valence electrons. The van der Waals surface area contributed by atoms with Gasteiger partial charge in [-0.05, 0) is 41.6 Å². The van der Waals surface area contributed by atoms with Gasteiger partial charge < -0.3 is 5.32 Å². The minimum Gasteiger partial charge on any atom is -0.315 e. The molecule has 1 aliphatic rings. The molecule has 0 amide bonds. The summed E-state index contributed by atoms with van der Waals surface area (Å²) >= 11 is 0. The maximum atomic E-state index is 3.53. The van der Waals surface area contributed by atoms with Crippen molar-refractivity contribution < 1.29 is 0 Å². The van der Waals surface area contributed by atoms with Crippen molar-refractivity contribution in [3.8, 4) is 0 Å². The average Bonchev–Trinajstić information content (AvgIpc) is 2.69. The number of nitrogens with one attached hydrogen (secondary N) is 1. The molecule has 0 unspecified atom stereocenters. The Morgan fingerprint density at radius 1 is 0.864 bits per heavy atom. The van der Waals surface area contributed by atoms with Gasteiger partial charge in [0.25, 0.3) is 0 Å². The Hall–Kier alpha value is -1.86. The van der Waals surface area contributed by atoms with E-state index in [1.54, 1.807) is 0 Å². The highest BCUT2D eigenvalue weighted by Crippen LogP contribution is 2.37. The third-order valence-corrected chi connectivity index (χ3v) is 4.41. The minimum absolute atomic E-state index is 0.497. The number of benzene rings is 2. The van der Waals surface area contributed by atoms with Crippen molar-refractivity contribution in [1.82, 2.24) is 5.32 Å². The molecule has 1 aliphatic carbocycles. The van der Waals surface area contributed by atoms with Gasteiger partial charge in [-0.25, -0.2) is 0 Å². The Bertz CT molecular complexity index is 605. The van der Waals surface area contributed by atoms with Gasteiger partial charge in [0.15, 0.2) is 0 Å². The average molecular weight is 291 g/mol. The standard InChI is InChI=1S/C21H25N/c1-16(2)22-15-7-12-21-19-10-5-3-8-17(19)13-14-18-9-4-6-11-20(18)21/h3-6,8-11,13-14,16,21-22H,7,12,15H2,1-2H3. The summed E-state index contributed by atoms with van der Waals surface area (Å²) in [5.41, 5.74) is 5.66. The van der Waals surface area contributed by atoms with E-state index in [0.29, 0.717) is 12.0 Å². The van der Waals surface area contributed by atoms with Crippen molar-refractivity contribution >= 4 is 12.2 Å². The maximum Gasteiger partial charge on any atom is 0.0102 e. The Balaban J connectivity index is 1.88. The van der Waals surface area contributed by atoms with Crippen LogP contribution in [0.15, 0.2) is 48.5 Å². The first-order valence-corrected chi connectivity index (χ1v) is 8.35. The summed E-state index contributed by atoms with van der Waals surface area (Å²) in [5.74, 6) is 0.497. The second-order valence-electron chi connectivity index (χ2n) is 6.39. The normalized spacial score (nSPS) is 13.8. The van der Waals surface area contributed by atoms with Crippen LogP contribution in [0.3, 0.4) is 0 Å². The van der Waals surface area contributed by atoms with Crippen molar-refractivity contribution in [1.29, 1.82) is 0 Å². The summed E-state index contributed by atoms with van der Waals surface area (Å²) in [7, 11) is 0. The lowest BCUT2D eigenvalue weighted by molar-refractivity contribution is 0.543. The zero-order chi connectivity index (χ0) is 15.4. The number of rotatable bonds is 5. The van der Waals surface area contributed by atoms with E-state index in [2.05, 4.69) is 79.8 Å². The lowest BCUT2D eigenvalue weighted by Gasteiger charge is -2.21. The van der Waals surface area contributed by atoms with Crippen LogP contribution >= 0.6 is 0 Å². The Morgan fingerprint density at radius 2 is 1.41 bits per heavy atom. The van der Waals surface area contributed by atoms with Crippen molar-refractivity contribution in [3.05, 3.63) is 70.8 Å². The van der Waals surface area contributed by atoms with Gasteiger partial charge in [-0.3, -0.25) is 0 Å². The Kier molecular flexibility index (Phi) is 4.74. The Morgan fingerprint density at radius 3 is 1.95 bits per heavy atom. The molecular formula is C21H25N. The molecule has 0 saturated heterocycles. The van der Waals surface area contributed by atoms with Gasteiger partial charge in [0, 0.05) is 12.0 Å². The van der Waals surface area contributed by atoms with Gasteiger partial charge in [-0.15, -0.1) is 0 Å². The molecule has 2 aromatic rings. The summed E-state index contributed by atoms with van der Waals surface area (Å²) in [5, 5.41) is 3.53. The lowest BCUT2D eigenvalue weighted by atomic mass is 9.84. The molecule has 1 N–H and O–H groups in total. The van der Waals surface area contributed by atoms with Crippen LogP contribution in [0.4, 0.5) is 0 Å². The predicted octanol–water partition coefficient (Wildman–Crippen LogP) is 5.08. The van der Waals surface area contributed by atoms with Gasteiger partial charge in [0.1, 0.15) is 0 Å². The van der Waals surface area contributed by atoms with Gasteiger partial charge in [-0.1, -0.05) is 74.5 Å². The fourth-order valence-electron chi connectivity index (χ4n) is 3.32. The lowest BCUT2D eigenvalue weighted by Crippen LogP contribution is -2.24. The summed E-state index contributed by atoms with van der Waals surface area (Å²) in [4.78, 5) is 0. The van der Waals surface area contributed by atoms with Crippen LogP contribution in [0.2, 0.25) is 0 Å². The van der Waals surface area contributed by atoms with Crippen LogP contribution < -0.4 is 5.32 Å². The van der Waals surface area contributed by atoms with Crippen LogP contribution in [0.25, 0.3) is 12.2 Å². The third kappa shape index (κ3) is 3.31. The van der Waals surface area contributed by atoms with E-state index in [0.717, 1.165) is 6.54 Å².